The summed E-state index contributed by atoms with van der Waals surface area (Å²) in [6, 6.07) is 31.6. The van der Waals surface area contributed by atoms with Crippen molar-refractivity contribution in [2.45, 2.75) is 74.6 Å². The zero-order valence-corrected chi connectivity index (χ0v) is 31.2. The molecule has 0 spiro atoms. The topological polar surface area (TPSA) is 12.4 Å². The molecule has 0 N–H and O–H groups in total. The average Bonchev–Trinajstić information content (AvgIpc) is 3.43. The molecule has 0 atom stereocenters. The maximum Gasteiger partial charge on any atom is 0.152 e. The molecular formula is C46H47BNS. The van der Waals surface area contributed by atoms with Crippen molar-refractivity contribution in [3.8, 4) is 0 Å². The first kappa shape index (κ1) is 33.3. The van der Waals surface area contributed by atoms with E-state index in [2.05, 4.69) is 166 Å². The van der Waals surface area contributed by atoms with Crippen molar-refractivity contribution in [1.82, 2.24) is 0 Å². The van der Waals surface area contributed by atoms with Crippen LogP contribution in [-0.2, 0) is 6.42 Å². The van der Waals surface area contributed by atoms with Crippen LogP contribution in [0.1, 0.15) is 87.6 Å². The van der Waals surface area contributed by atoms with E-state index in [1.54, 1.807) is 0 Å². The van der Waals surface area contributed by atoms with Crippen LogP contribution in [0, 0.1) is 17.8 Å². The fourth-order valence-electron chi connectivity index (χ4n) is 6.86. The fourth-order valence-corrected chi connectivity index (χ4v) is 8.02. The van der Waals surface area contributed by atoms with E-state index in [0.717, 1.165) is 30.6 Å². The van der Waals surface area contributed by atoms with Gasteiger partial charge in [0.15, 0.2) is 7.28 Å². The first-order valence-corrected chi connectivity index (χ1v) is 18.6. The zero-order valence-electron chi connectivity index (χ0n) is 30.4. The Bertz CT molecular complexity index is 2300. The maximum atomic E-state index is 5.45. The number of aliphatic imine (C=N–C) groups is 1. The monoisotopic (exact) mass is 656 g/mol. The Balaban J connectivity index is 1.31. The van der Waals surface area contributed by atoms with E-state index in [-0.39, 0.29) is 10.8 Å². The van der Waals surface area contributed by atoms with E-state index >= 15 is 0 Å². The van der Waals surface area contributed by atoms with Crippen molar-refractivity contribution in [3.05, 3.63) is 124 Å². The molecule has 0 unspecified atom stereocenters. The average molecular weight is 657 g/mol. The second-order valence-corrected chi connectivity index (χ2v) is 16.7. The van der Waals surface area contributed by atoms with Gasteiger partial charge in [0.1, 0.15) is 0 Å². The van der Waals surface area contributed by atoms with Crippen molar-refractivity contribution in [1.29, 1.82) is 0 Å². The highest BCUT2D eigenvalue weighted by atomic mass is 32.1. The van der Waals surface area contributed by atoms with Gasteiger partial charge < -0.3 is 0 Å². The van der Waals surface area contributed by atoms with Crippen LogP contribution in [-0.4, -0.2) is 13.0 Å². The summed E-state index contributed by atoms with van der Waals surface area (Å²) in [5.74, 6) is 0. The number of allylic oxidation sites excluding steroid dienone is 2. The molecule has 1 aliphatic carbocycles. The molecule has 1 nitrogen and oxygen atoms in total. The Hall–Kier alpha value is -4.21. The van der Waals surface area contributed by atoms with Crippen molar-refractivity contribution >= 4 is 84.8 Å². The molecule has 0 saturated heterocycles. The molecule has 1 aromatic heterocycles. The number of benzene rings is 5. The van der Waals surface area contributed by atoms with E-state index in [4.69, 9.17) is 4.99 Å². The van der Waals surface area contributed by atoms with E-state index in [1.165, 1.54) is 75.4 Å². The third-order valence-corrected chi connectivity index (χ3v) is 12.5. The molecular weight excluding hydrogens is 609 g/mol. The second kappa shape index (κ2) is 12.9. The van der Waals surface area contributed by atoms with Gasteiger partial charge in [0, 0.05) is 21.0 Å². The largest absolute Gasteiger partial charge is 0.251 e. The molecule has 0 aliphatic heterocycles. The van der Waals surface area contributed by atoms with Gasteiger partial charge in [-0.25, -0.2) is 0 Å². The Morgan fingerprint density at radius 3 is 2.29 bits per heavy atom. The van der Waals surface area contributed by atoms with Crippen LogP contribution < -0.4 is 5.46 Å². The van der Waals surface area contributed by atoms with Gasteiger partial charge in [-0.05, 0) is 107 Å². The molecule has 1 heterocycles. The van der Waals surface area contributed by atoms with Gasteiger partial charge in [0.25, 0.3) is 0 Å². The number of fused-ring (bicyclic) bond motifs is 5. The summed E-state index contributed by atoms with van der Waals surface area (Å²) in [6.07, 6.45) is 10.3. The minimum Gasteiger partial charge on any atom is -0.251 e. The molecule has 0 amide bonds. The van der Waals surface area contributed by atoms with Crippen LogP contribution in [0.2, 0.25) is 6.32 Å². The molecule has 49 heavy (non-hydrogen) atoms. The summed E-state index contributed by atoms with van der Waals surface area (Å²) in [4.78, 5) is 6.68. The Labute approximate surface area is 297 Å². The summed E-state index contributed by atoms with van der Waals surface area (Å²) < 4.78 is 1.29. The highest BCUT2D eigenvalue weighted by Gasteiger charge is 2.32. The van der Waals surface area contributed by atoms with Crippen LogP contribution >= 0.6 is 11.3 Å². The van der Waals surface area contributed by atoms with Gasteiger partial charge in [-0.1, -0.05) is 131 Å². The quantitative estimate of drug-likeness (QED) is 0.120. The van der Waals surface area contributed by atoms with Crippen molar-refractivity contribution < 1.29 is 0 Å². The molecule has 7 rings (SSSR count). The SMILES string of the molecule is CC(=Nc1c(C)ccc2c3c(ccc12)CCC=C3)c1sc2cc3ccccc3cc2c1/C=C(\C)c1ccc([B]CC(C)(C)C(C)(C)C)cc1. The van der Waals surface area contributed by atoms with Gasteiger partial charge in [0.2, 0.25) is 0 Å². The first-order chi connectivity index (χ1) is 23.4. The Morgan fingerprint density at radius 2 is 1.55 bits per heavy atom. The maximum absolute atomic E-state index is 5.45. The van der Waals surface area contributed by atoms with Crippen molar-refractivity contribution in [2.24, 2.45) is 15.8 Å². The van der Waals surface area contributed by atoms with Crippen molar-refractivity contribution in [3.63, 3.8) is 0 Å². The number of aryl methyl sites for hydroxylation is 2. The standard InChI is InChI=1S/C46H47BNS/c1-29-17-23-38-37-16-12-11-13-33(37)20-24-39(38)43(29)48-31(3)44-41(40-26-34-14-9-10-15-35(34)27-42(40)49-44)25-30(2)32-18-21-36(22-19-32)47-28-46(7,8)45(4,5)6/h9-10,12,14-27H,11,13,28H2,1-8H3/b30-25+,48-31?. The Kier molecular flexibility index (Phi) is 8.78. The van der Waals surface area contributed by atoms with E-state index in [0.29, 0.717) is 0 Å². The third-order valence-electron chi connectivity index (χ3n) is 11.2. The minimum atomic E-state index is 0.225. The van der Waals surface area contributed by atoms with Crippen LogP contribution in [0.4, 0.5) is 5.69 Å². The lowest BCUT2D eigenvalue weighted by Gasteiger charge is -2.39. The molecule has 6 aromatic rings. The number of rotatable bonds is 7. The summed E-state index contributed by atoms with van der Waals surface area (Å²) in [6.45, 7) is 18.4. The summed E-state index contributed by atoms with van der Waals surface area (Å²) in [7, 11) is 2.39. The van der Waals surface area contributed by atoms with Gasteiger partial charge >= 0.3 is 0 Å². The van der Waals surface area contributed by atoms with E-state index < -0.39 is 0 Å². The van der Waals surface area contributed by atoms with Crippen LogP contribution in [0.15, 0.2) is 96.0 Å². The van der Waals surface area contributed by atoms with Crippen LogP contribution in [0.25, 0.3) is 49.4 Å². The smallest absolute Gasteiger partial charge is 0.152 e. The minimum absolute atomic E-state index is 0.225. The summed E-state index contributed by atoms with van der Waals surface area (Å²) in [5.41, 5.74) is 11.6. The molecule has 1 radical (unpaired) electrons. The highest BCUT2D eigenvalue weighted by Crippen LogP contribution is 2.42. The zero-order chi connectivity index (χ0) is 34.5. The molecule has 5 aromatic carbocycles. The molecule has 0 fully saturated rings. The van der Waals surface area contributed by atoms with Gasteiger partial charge in [-0.15, -0.1) is 11.3 Å². The lowest BCUT2D eigenvalue weighted by molar-refractivity contribution is 0.157. The van der Waals surface area contributed by atoms with Gasteiger partial charge in [0.05, 0.1) is 16.3 Å². The summed E-state index contributed by atoms with van der Waals surface area (Å²) >= 11 is 1.86. The van der Waals surface area contributed by atoms with Crippen LogP contribution in [0.3, 0.4) is 0 Å². The first-order valence-electron chi connectivity index (χ1n) is 17.7. The number of nitrogens with zero attached hydrogens (tertiary/aromatic N) is 1. The normalized spacial score (nSPS) is 14.2. The van der Waals surface area contributed by atoms with Gasteiger partial charge in [-0.3, -0.25) is 4.99 Å². The molecule has 245 valence electrons. The molecule has 1 aliphatic rings. The summed E-state index contributed by atoms with van der Waals surface area (Å²) in [5, 5.41) is 6.35. The number of hydrogen-bond donors (Lipinski definition) is 0. The second-order valence-electron chi connectivity index (χ2n) is 15.6. The van der Waals surface area contributed by atoms with E-state index in [1.807, 2.05) is 11.3 Å². The molecule has 3 heteroatoms. The predicted octanol–water partition coefficient (Wildman–Crippen LogP) is 13.0. The number of thiophene rings is 1. The third kappa shape index (κ3) is 6.46. The van der Waals surface area contributed by atoms with Crippen LogP contribution in [0.5, 0.6) is 0 Å². The lowest BCUT2D eigenvalue weighted by atomic mass is 9.53. The highest BCUT2D eigenvalue weighted by molar-refractivity contribution is 7.21. The van der Waals surface area contributed by atoms with Gasteiger partial charge in [-0.2, -0.15) is 0 Å². The molecule has 0 bridgehead atoms. The predicted molar refractivity (Wildman–Crippen MR) is 221 cm³/mol. The fraction of sp³-hybridized carbons (Fsp3) is 0.283. The number of hydrogen-bond acceptors (Lipinski definition) is 2. The van der Waals surface area contributed by atoms with E-state index in [9.17, 15) is 0 Å². The van der Waals surface area contributed by atoms with Crippen molar-refractivity contribution in [2.75, 3.05) is 0 Å². The molecule has 0 saturated carbocycles. The lowest BCUT2D eigenvalue weighted by Crippen LogP contribution is -2.33. The Morgan fingerprint density at radius 1 is 0.837 bits per heavy atom.